The standard InChI is InChI=1S/C21H36N4O3.HI/c1-5-22-20(23-17-21(25(2)3)10-14-27-15-11-21)24-18-8-6-9-19(16-18)28-13-7-12-26-4;/h6,8-9,16H,5,7,10-15,17H2,1-4H3,(H2,22,23,24);1H. The maximum Gasteiger partial charge on any atom is 0.195 e. The Morgan fingerprint density at radius 3 is 2.66 bits per heavy atom. The molecule has 0 saturated carbocycles. The van der Waals surface area contributed by atoms with Crippen LogP contribution in [-0.4, -0.2) is 77.1 Å². The average molecular weight is 520 g/mol. The van der Waals surface area contributed by atoms with Gasteiger partial charge in [0.2, 0.25) is 0 Å². The Morgan fingerprint density at radius 1 is 1.24 bits per heavy atom. The summed E-state index contributed by atoms with van der Waals surface area (Å²) >= 11 is 0. The zero-order valence-corrected chi connectivity index (χ0v) is 20.5. The van der Waals surface area contributed by atoms with Gasteiger partial charge in [-0.05, 0) is 46.0 Å². The first-order valence-electron chi connectivity index (χ1n) is 10.1. The van der Waals surface area contributed by atoms with Crippen molar-refractivity contribution in [2.45, 2.75) is 31.7 Å². The first-order valence-corrected chi connectivity index (χ1v) is 10.1. The van der Waals surface area contributed by atoms with Crippen molar-refractivity contribution < 1.29 is 14.2 Å². The van der Waals surface area contributed by atoms with Crippen molar-refractivity contribution >= 4 is 35.6 Å². The highest BCUT2D eigenvalue weighted by molar-refractivity contribution is 14.0. The van der Waals surface area contributed by atoms with Crippen molar-refractivity contribution in [3.63, 3.8) is 0 Å². The molecule has 1 saturated heterocycles. The van der Waals surface area contributed by atoms with E-state index in [4.69, 9.17) is 19.2 Å². The molecule has 29 heavy (non-hydrogen) atoms. The van der Waals surface area contributed by atoms with Crippen LogP contribution >= 0.6 is 24.0 Å². The molecular formula is C21H37IN4O3. The Balaban J connectivity index is 0.00000420. The topological polar surface area (TPSA) is 67.4 Å². The number of guanidine groups is 1. The molecule has 1 aromatic carbocycles. The van der Waals surface area contributed by atoms with Crippen molar-refractivity contribution in [3.8, 4) is 5.75 Å². The number of hydrogen-bond donors (Lipinski definition) is 2. The summed E-state index contributed by atoms with van der Waals surface area (Å²) in [6.45, 7) is 6.53. The molecule has 0 amide bonds. The largest absolute Gasteiger partial charge is 0.493 e. The second-order valence-corrected chi connectivity index (χ2v) is 7.27. The van der Waals surface area contributed by atoms with Gasteiger partial charge in [0, 0.05) is 57.2 Å². The van der Waals surface area contributed by atoms with E-state index in [9.17, 15) is 0 Å². The number of rotatable bonds is 10. The van der Waals surface area contributed by atoms with E-state index in [2.05, 4.69) is 36.6 Å². The molecule has 0 aliphatic carbocycles. The fourth-order valence-electron chi connectivity index (χ4n) is 3.23. The maximum absolute atomic E-state index is 5.79. The molecule has 1 aliphatic heterocycles. The number of halogens is 1. The Morgan fingerprint density at radius 2 is 2.00 bits per heavy atom. The number of nitrogens with one attached hydrogen (secondary N) is 2. The van der Waals surface area contributed by atoms with E-state index < -0.39 is 0 Å². The first kappa shape index (κ1) is 25.9. The second-order valence-electron chi connectivity index (χ2n) is 7.27. The number of methoxy groups -OCH3 is 1. The van der Waals surface area contributed by atoms with E-state index >= 15 is 0 Å². The van der Waals surface area contributed by atoms with E-state index in [1.807, 2.05) is 24.3 Å². The third-order valence-electron chi connectivity index (χ3n) is 5.11. The summed E-state index contributed by atoms with van der Waals surface area (Å²) in [7, 11) is 5.96. The molecule has 1 aromatic rings. The van der Waals surface area contributed by atoms with Gasteiger partial charge in [-0.3, -0.25) is 4.99 Å². The zero-order chi connectivity index (χ0) is 20.2. The minimum Gasteiger partial charge on any atom is -0.493 e. The van der Waals surface area contributed by atoms with Gasteiger partial charge >= 0.3 is 0 Å². The fraction of sp³-hybridized carbons (Fsp3) is 0.667. The monoisotopic (exact) mass is 520 g/mol. The van der Waals surface area contributed by atoms with Crippen LogP contribution in [0.15, 0.2) is 29.3 Å². The Hall–Kier alpha value is -1.10. The van der Waals surface area contributed by atoms with Gasteiger partial charge in [0.15, 0.2) is 5.96 Å². The van der Waals surface area contributed by atoms with Crippen LogP contribution in [0.4, 0.5) is 5.69 Å². The molecule has 1 heterocycles. The fourth-order valence-corrected chi connectivity index (χ4v) is 3.23. The van der Waals surface area contributed by atoms with Crippen LogP contribution in [-0.2, 0) is 9.47 Å². The normalized spacial score (nSPS) is 16.2. The lowest BCUT2D eigenvalue weighted by Crippen LogP contribution is -2.51. The number of benzene rings is 1. The molecule has 8 heteroatoms. The van der Waals surface area contributed by atoms with Crippen molar-refractivity contribution in [2.24, 2.45) is 4.99 Å². The van der Waals surface area contributed by atoms with Crippen LogP contribution < -0.4 is 15.4 Å². The second kappa shape index (κ2) is 14.0. The predicted octanol–water partition coefficient (Wildman–Crippen LogP) is 3.21. The molecule has 1 fully saturated rings. The minimum atomic E-state index is 0. The number of hydrogen-bond acceptors (Lipinski definition) is 5. The van der Waals surface area contributed by atoms with Crippen LogP contribution in [0, 0.1) is 0 Å². The molecule has 2 N–H and O–H groups in total. The van der Waals surface area contributed by atoms with E-state index in [-0.39, 0.29) is 29.5 Å². The van der Waals surface area contributed by atoms with E-state index in [0.29, 0.717) is 13.2 Å². The Labute approximate surface area is 192 Å². The maximum atomic E-state index is 5.79. The van der Waals surface area contributed by atoms with Crippen molar-refractivity contribution in [2.75, 3.05) is 66.0 Å². The summed E-state index contributed by atoms with van der Waals surface area (Å²) in [4.78, 5) is 7.17. The van der Waals surface area contributed by atoms with Gasteiger partial charge in [0.25, 0.3) is 0 Å². The van der Waals surface area contributed by atoms with Crippen molar-refractivity contribution in [3.05, 3.63) is 24.3 Å². The van der Waals surface area contributed by atoms with Gasteiger partial charge < -0.3 is 29.7 Å². The highest BCUT2D eigenvalue weighted by atomic mass is 127. The van der Waals surface area contributed by atoms with Crippen LogP contribution in [0.2, 0.25) is 0 Å². The summed E-state index contributed by atoms with van der Waals surface area (Å²) in [6, 6.07) is 7.96. The molecule has 0 atom stereocenters. The number of aliphatic imine (C=N–C) groups is 1. The molecule has 1 aliphatic rings. The number of ether oxygens (including phenoxy) is 3. The van der Waals surface area contributed by atoms with Gasteiger partial charge in [-0.2, -0.15) is 0 Å². The van der Waals surface area contributed by atoms with E-state index in [1.54, 1.807) is 7.11 Å². The molecule has 0 aromatic heterocycles. The number of likely N-dealkylation sites (N-methyl/N-ethyl adjacent to an activating group) is 1. The molecule has 2 rings (SSSR count). The van der Waals surface area contributed by atoms with Crippen molar-refractivity contribution in [1.29, 1.82) is 0 Å². The Bertz CT molecular complexity index is 607. The average Bonchev–Trinajstić information content (AvgIpc) is 2.70. The zero-order valence-electron chi connectivity index (χ0n) is 18.2. The number of nitrogens with zero attached hydrogens (tertiary/aromatic N) is 2. The summed E-state index contributed by atoms with van der Waals surface area (Å²) in [5.41, 5.74) is 1.00. The molecule has 0 spiro atoms. The summed E-state index contributed by atoms with van der Waals surface area (Å²) < 4.78 is 16.4. The molecule has 0 radical (unpaired) electrons. The van der Waals surface area contributed by atoms with E-state index in [0.717, 1.165) is 63.0 Å². The van der Waals surface area contributed by atoms with Crippen LogP contribution in [0.25, 0.3) is 0 Å². The van der Waals surface area contributed by atoms with Gasteiger partial charge in [-0.25, -0.2) is 0 Å². The van der Waals surface area contributed by atoms with E-state index in [1.165, 1.54) is 0 Å². The quantitative estimate of drug-likeness (QED) is 0.214. The Kier molecular flexibility index (Phi) is 12.5. The SMILES string of the molecule is CCNC(=NCC1(N(C)C)CCOCC1)Nc1cccc(OCCCOC)c1.I. The molecule has 0 unspecified atom stereocenters. The smallest absolute Gasteiger partial charge is 0.195 e. The predicted molar refractivity (Wildman–Crippen MR) is 130 cm³/mol. The minimum absolute atomic E-state index is 0. The number of anilines is 1. The van der Waals surface area contributed by atoms with Crippen LogP contribution in [0.1, 0.15) is 26.2 Å². The van der Waals surface area contributed by atoms with Crippen LogP contribution in [0.3, 0.4) is 0 Å². The summed E-state index contributed by atoms with van der Waals surface area (Å²) in [5, 5.41) is 6.74. The molecule has 166 valence electrons. The lowest BCUT2D eigenvalue weighted by molar-refractivity contribution is -0.00251. The van der Waals surface area contributed by atoms with Gasteiger partial charge in [-0.1, -0.05) is 6.07 Å². The highest BCUT2D eigenvalue weighted by Crippen LogP contribution is 2.26. The van der Waals surface area contributed by atoms with Gasteiger partial charge in [-0.15, -0.1) is 24.0 Å². The molecule has 0 bridgehead atoms. The molecule has 7 nitrogen and oxygen atoms in total. The lowest BCUT2D eigenvalue weighted by Gasteiger charge is -2.41. The van der Waals surface area contributed by atoms with Crippen molar-refractivity contribution in [1.82, 2.24) is 10.2 Å². The first-order chi connectivity index (χ1) is 13.6. The highest BCUT2D eigenvalue weighted by Gasteiger charge is 2.34. The summed E-state index contributed by atoms with van der Waals surface area (Å²) in [6.07, 6.45) is 2.86. The van der Waals surface area contributed by atoms with Crippen LogP contribution in [0.5, 0.6) is 5.75 Å². The summed E-state index contributed by atoms with van der Waals surface area (Å²) in [5.74, 6) is 1.62. The van der Waals surface area contributed by atoms with Gasteiger partial charge in [0.1, 0.15) is 5.75 Å². The third-order valence-corrected chi connectivity index (χ3v) is 5.11. The lowest BCUT2D eigenvalue weighted by atomic mass is 9.89. The third kappa shape index (κ3) is 8.65. The van der Waals surface area contributed by atoms with Gasteiger partial charge in [0.05, 0.1) is 13.2 Å². The molecular weight excluding hydrogens is 483 g/mol.